The van der Waals surface area contributed by atoms with Crippen LogP contribution in [0.3, 0.4) is 0 Å². The number of benzene rings is 2. The summed E-state index contributed by atoms with van der Waals surface area (Å²) in [7, 11) is -2.65. The number of ether oxygens (including phenoxy) is 1. The molecule has 110 valence electrons. The molecular weight excluding hydrogens is 270 g/mol. The Morgan fingerprint density at radius 3 is 1.75 bits per heavy atom. The average Bonchev–Trinajstić information content (AvgIpc) is 2.43. The van der Waals surface area contributed by atoms with Gasteiger partial charge in [-0.2, -0.15) is 0 Å². The normalized spacial score (nSPS) is 12.8. The van der Waals surface area contributed by atoms with E-state index in [0.717, 1.165) is 5.75 Å². The van der Waals surface area contributed by atoms with E-state index in [2.05, 4.69) is 0 Å². The lowest BCUT2D eigenvalue weighted by molar-refractivity contribution is 0.482. The fourth-order valence-corrected chi connectivity index (χ4v) is 2.17. The van der Waals surface area contributed by atoms with E-state index in [1.54, 1.807) is 24.3 Å². The molecule has 0 bridgehead atoms. The third-order valence-corrected chi connectivity index (χ3v) is 3.70. The molecular formula is C16H23NO2S. The van der Waals surface area contributed by atoms with Crippen LogP contribution in [0.2, 0.25) is 0 Å². The second-order valence-corrected chi connectivity index (χ2v) is 6.39. The molecule has 4 heteroatoms. The van der Waals surface area contributed by atoms with Crippen LogP contribution in [0.4, 0.5) is 0 Å². The van der Waals surface area contributed by atoms with Gasteiger partial charge < -0.3 is 4.74 Å². The number of rotatable bonds is 3. The van der Waals surface area contributed by atoms with E-state index in [0.29, 0.717) is 10.6 Å². The minimum absolute atomic E-state index is 0. The number of nitrogens with one attached hydrogen (secondary N) is 1. The fourth-order valence-electron chi connectivity index (χ4n) is 1.51. The molecule has 1 atom stereocenters. The van der Waals surface area contributed by atoms with Crippen molar-refractivity contribution in [1.29, 1.82) is 4.78 Å². The van der Waals surface area contributed by atoms with Crippen molar-refractivity contribution < 1.29 is 10.4 Å². The fraction of sp³-hybridized carbons (Fsp3) is 0.250. The summed E-state index contributed by atoms with van der Waals surface area (Å²) in [6, 6.07) is 14.5. The van der Waals surface area contributed by atoms with E-state index >= 15 is 0 Å². The van der Waals surface area contributed by atoms with E-state index in [-0.39, 0.29) is 1.43 Å². The Morgan fingerprint density at radius 2 is 1.35 bits per heavy atom. The molecule has 0 aliphatic rings. The van der Waals surface area contributed by atoms with Crippen LogP contribution in [0, 0.1) is 11.7 Å². The first-order valence-electron chi connectivity index (χ1n) is 6.53. The molecule has 3 nitrogen and oxygen atoms in total. The molecule has 0 saturated carbocycles. The zero-order valence-corrected chi connectivity index (χ0v) is 13.2. The van der Waals surface area contributed by atoms with Crippen molar-refractivity contribution in [3.63, 3.8) is 0 Å². The second kappa shape index (κ2) is 7.10. The molecule has 0 amide bonds. The molecule has 1 N–H and O–H groups in total. The number of aryl methyl sites for hydroxylation is 1. The standard InChI is InChI=1S/C14H15NO2S.C2H6.H2/c1-11-3-5-12(6-4-11)17-13-7-9-14(10-8-13)18(2,15)16;1-2;/h3-10,15H,1-2H3;1-2H3;1H. The lowest BCUT2D eigenvalue weighted by Crippen LogP contribution is -1.94. The Morgan fingerprint density at radius 1 is 0.950 bits per heavy atom. The van der Waals surface area contributed by atoms with Crippen LogP contribution in [-0.2, 0) is 9.73 Å². The highest BCUT2D eigenvalue weighted by atomic mass is 32.2. The topological polar surface area (TPSA) is 50.1 Å². The summed E-state index contributed by atoms with van der Waals surface area (Å²) in [5.74, 6) is 1.43. The van der Waals surface area contributed by atoms with Crippen molar-refractivity contribution in [2.45, 2.75) is 25.7 Å². The first kappa shape index (κ1) is 16.2. The monoisotopic (exact) mass is 293 g/mol. The van der Waals surface area contributed by atoms with Gasteiger partial charge in [0.25, 0.3) is 0 Å². The van der Waals surface area contributed by atoms with Crippen LogP contribution in [0.1, 0.15) is 20.8 Å². The van der Waals surface area contributed by atoms with Crippen LogP contribution in [0.15, 0.2) is 53.4 Å². The summed E-state index contributed by atoms with van der Waals surface area (Å²) in [6.07, 6.45) is 1.41. The molecule has 0 radical (unpaired) electrons. The lowest BCUT2D eigenvalue weighted by atomic mass is 10.2. The molecule has 0 aromatic heterocycles. The zero-order valence-electron chi connectivity index (χ0n) is 12.3. The van der Waals surface area contributed by atoms with E-state index in [1.807, 2.05) is 45.0 Å². The van der Waals surface area contributed by atoms with Gasteiger partial charge in [0.2, 0.25) is 0 Å². The van der Waals surface area contributed by atoms with Gasteiger partial charge in [0, 0.05) is 12.6 Å². The molecule has 0 aliphatic carbocycles. The molecule has 2 rings (SSSR count). The zero-order chi connectivity index (χ0) is 15.2. The molecule has 0 aliphatic heterocycles. The van der Waals surface area contributed by atoms with Crippen molar-refractivity contribution in [1.82, 2.24) is 0 Å². The van der Waals surface area contributed by atoms with Crippen LogP contribution >= 0.6 is 0 Å². The third-order valence-electron chi connectivity index (χ3n) is 2.53. The van der Waals surface area contributed by atoms with Crippen LogP contribution < -0.4 is 4.74 Å². The Kier molecular flexibility index (Phi) is 5.77. The first-order chi connectivity index (χ1) is 9.45. The van der Waals surface area contributed by atoms with Crippen molar-refractivity contribution >= 4 is 9.73 Å². The number of hydrogen-bond acceptors (Lipinski definition) is 3. The highest BCUT2D eigenvalue weighted by molar-refractivity contribution is 7.91. The van der Waals surface area contributed by atoms with Crippen LogP contribution in [0.25, 0.3) is 0 Å². The molecule has 0 saturated heterocycles. The summed E-state index contributed by atoms with van der Waals surface area (Å²) < 4.78 is 24.6. The maximum atomic E-state index is 11.5. The summed E-state index contributed by atoms with van der Waals surface area (Å²) >= 11 is 0. The highest BCUT2D eigenvalue weighted by Gasteiger charge is 2.03. The SMILES string of the molecule is CC.Cc1ccc(Oc2ccc(S(C)(=N)=O)cc2)cc1.[HH]. The molecule has 0 heterocycles. The minimum Gasteiger partial charge on any atom is -0.457 e. The van der Waals surface area contributed by atoms with Gasteiger partial charge in [-0.15, -0.1) is 0 Å². The Labute approximate surface area is 123 Å². The average molecular weight is 293 g/mol. The summed E-state index contributed by atoms with van der Waals surface area (Å²) in [6.45, 7) is 6.02. The van der Waals surface area contributed by atoms with Gasteiger partial charge in [-0.25, -0.2) is 8.99 Å². The van der Waals surface area contributed by atoms with E-state index < -0.39 is 9.73 Å². The van der Waals surface area contributed by atoms with Crippen molar-refractivity contribution in [3.05, 3.63) is 54.1 Å². The minimum atomic E-state index is -2.65. The highest BCUT2D eigenvalue weighted by Crippen LogP contribution is 2.23. The summed E-state index contributed by atoms with van der Waals surface area (Å²) in [5, 5.41) is 0. The predicted molar refractivity (Wildman–Crippen MR) is 86.2 cm³/mol. The van der Waals surface area contributed by atoms with Crippen LogP contribution in [-0.4, -0.2) is 10.5 Å². The van der Waals surface area contributed by atoms with Gasteiger partial charge >= 0.3 is 0 Å². The van der Waals surface area contributed by atoms with Gasteiger partial charge in [-0.05, 0) is 43.3 Å². The smallest absolute Gasteiger partial charge is 0.127 e. The largest absolute Gasteiger partial charge is 0.457 e. The molecule has 0 spiro atoms. The van der Waals surface area contributed by atoms with E-state index in [9.17, 15) is 4.21 Å². The maximum Gasteiger partial charge on any atom is 0.127 e. The molecule has 20 heavy (non-hydrogen) atoms. The van der Waals surface area contributed by atoms with E-state index in [1.165, 1.54) is 11.8 Å². The van der Waals surface area contributed by atoms with Crippen LogP contribution in [0.5, 0.6) is 11.5 Å². The second-order valence-electron chi connectivity index (χ2n) is 4.23. The summed E-state index contributed by atoms with van der Waals surface area (Å²) in [5.41, 5.74) is 1.18. The Balaban J connectivity index is 0.00000128. The van der Waals surface area contributed by atoms with Gasteiger partial charge in [0.1, 0.15) is 11.5 Å². The van der Waals surface area contributed by atoms with Gasteiger partial charge in [0.05, 0.1) is 9.73 Å². The maximum absolute atomic E-state index is 11.5. The first-order valence-corrected chi connectivity index (χ1v) is 8.50. The number of hydrogen-bond donors (Lipinski definition) is 1. The van der Waals surface area contributed by atoms with Gasteiger partial charge in [-0.3, -0.25) is 0 Å². The lowest BCUT2D eigenvalue weighted by Gasteiger charge is -2.07. The quantitative estimate of drug-likeness (QED) is 0.856. The molecule has 0 fully saturated rings. The van der Waals surface area contributed by atoms with Gasteiger partial charge in [-0.1, -0.05) is 31.5 Å². The molecule has 2 aromatic rings. The van der Waals surface area contributed by atoms with E-state index in [4.69, 9.17) is 9.52 Å². The molecule has 1 unspecified atom stereocenters. The van der Waals surface area contributed by atoms with Crippen molar-refractivity contribution in [2.75, 3.05) is 6.26 Å². The Bertz CT molecular complexity index is 635. The summed E-state index contributed by atoms with van der Waals surface area (Å²) in [4.78, 5) is 0.513. The Hall–Kier alpha value is -1.81. The predicted octanol–water partition coefficient (Wildman–Crippen LogP) is 5.09. The van der Waals surface area contributed by atoms with Crippen molar-refractivity contribution in [3.8, 4) is 11.5 Å². The molecule has 2 aromatic carbocycles. The third kappa shape index (κ3) is 4.70. The van der Waals surface area contributed by atoms with Gasteiger partial charge in [0.15, 0.2) is 0 Å². The van der Waals surface area contributed by atoms with Crippen molar-refractivity contribution in [2.24, 2.45) is 0 Å².